The zero-order valence-electron chi connectivity index (χ0n) is 11.4. The van der Waals surface area contributed by atoms with Crippen LogP contribution in [-0.2, 0) is 11.3 Å². The van der Waals surface area contributed by atoms with Crippen LogP contribution in [0.5, 0.6) is 0 Å². The van der Waals surface area contributed by atoms with Crippen LogP contribution in [0.2, 0.25) is 0 Å². The number of nitrogens with zero attached hydrogens (tertiary/aromatic N) is 3. The fourth-order valence-electron chi connectivity index (χ4n) is 2.30. The first-order chi connectivity index (χ1) is 9.22. The van der Waals surface area contributed by atoms with E-state index in [-0.39, 0.29) is 12.1 Å². The number of nitrogens with one attached hydrogen (secondary N) is 1. The van der Waals surface area contributed by atoms with Crippen LogP contribution in [0, 0.1) is 6.92 Å². The van der Waals surface area contributed by atoms with Gasteiger partial charge in [0.25, 0.3) is 0 Å². The summed E-state index contributed by atoms with van der Waals surface area (Å²) >= 11 is 1.33. The molecule has 19 heavy (non-hydrogen) atoms. The topological polar surface area (TPSA) is 67.3 Å². The van der Waals surface area contributed by atoms with Gasteiger partial charge < -0.3 is 15.0 Å². The van der Waals surface area contributed by atoms with Gasteiger partial charge in [-0.3, -0.25) is 0 Å². The molecule has 0 radical (unpaired) electrons. The molecule has 7 heteroatoms. The minimum atomic E-state index is -0.0189. The van der Waals surface area contributed by atoms with Crippen molar-refractivity contribution in [3.63, 3.8) is 0 Å². The van der Waals surface area contributed by atoms with E-state index < -0.39 is 0 Å². The molecule has 0 bridgehead atoms. The fraction of sp³-hybridized carbons (Fsp3) is 0.750. The quantitative estimate of drug-likeness (QED) is 0.911. The molecule has 1 aromatic heterocycles. The molecule has 0 aromatic carbocycles. The van der Waals surface area contributed by atoms with Crippen LogP contribution >= 0.6 is 11.5 Å². The number of hydrogen-bond acceptors (Lipinski definition) is 5. The lowest BCUT2D eigenvalue weighted by atomic mass is 10.0. The SMILES string of the molecule is COCC1CCCCN1C(=O)NCc1snnc1C. The van der Waals surface area contributed by atoms with E-state index in [0.717, 1.165) is 36.4 Å². The Morgan fingerprint density at radius 2 is 2.42 bits per heavy atom. The lowest BCUT2D eigenvalue weighted by Gasteiger charge is -2.35. The van der Waals surface area contributed by atoms with Crippen molar-refractivity contribution in [1.29, 1.82) is 0 Å². The van der Waals surface area contributed by atoms with Gasteiger partial charge in [-0.15, -0.1) is 5.10 Å². The van der Waals surface area contributed by atoms with Gasteiger partial charge in [0.1, 0.15) is 0 Å². The molecule has 1 unspecified atom stereocenters. The van der Waals surface area contributed by atoms with E-state index in [0.29, 0.717) is 13.2 Å². The first kappa shape index (κ1) is 14.2. The van der Waals surface area contributed by atoms with Gasteiger partial charge in [0, 0.05) is 13.7 Å². The second kappa shape index (κ2) is 6.81. The van der Waals surface area contributed by atoms with Crippen molar-refractivity contribution in [1.82, 2.24) is 19.8 Å². The summed E-state index contributed by atoms with van der Waals surface area (Å²) in [7, 11) is 1.68. The van der Waals surface area contributed by atoms with Crippen molar-refractivity contribution in [3.05, 3.63) is 10.6 Å². The summed E-state index contributed by atoms with van der Waals surface area (Å²) in [5.41, 5.74) is 0.886. The lowest BCUT2D eigenvalue weighted by Crippen LogP contribution is -2.50. The highest BCUT2D eigenvalue weighted by Gasteiger charge is 2.26. The van der Waals surface area contributed by atoms with E-state index in [1.54, 1.807) is 7.11 Å². The molecule has 1 atom stereocenters. The van der Waals surface area contributed by atoms with Crippen LogP contribution in [0.4, 0.5) is 4.79 Å². The number of hydrogen-bond donors (Lipinski definition) is 1. The normalized spacial score (nSPS) is 19.5. The monoisotopic (exact) mass is 284 g/mol. The van der Waals surface area contributed by atoms with Gasteiger partial charge in [-0.1, -0.05) is 4.49 Å². The minimum Gasteiger partial charge on any atom is -0.383 e. The number of aryl methyl sites for hydroxylation is 1. The predicted octanol–water partition coefficient (Wildman–Crippen LogP) is 1.56. The molecule has 2 amide bonds. The summed E-state index contributed by atoms with van der Waals surface area (Å²) in [6.07, 6.45) is 3.24. The first-order valence-electron chi connectivity index (χ1n) is 6.53. The zero-order chi connectivity index (χ0) is 13.7. The van der Waals surface area contributed by atoms with Gasteiger partial charge in [0.15, 0.2) is 0 Å². The summed E-state index contributed by atoms with van der Waals surface area (Å²) in [6, 6.07) is 0.175. The summed E-state index contributed by atoms with van der Waals surface area (Å²) in [5.74, 6) is 0. The molecule has 106 valence electrons. The van der Waals surface area contributed by atoms with Crippen molar-refractivity contribution >= 4 is 17.6 Å². The van der Waals surface area contributed by atoms with Crippen molar-refractivity contribution < 1.29 is 9.53 Å². The molecule has 1 fully saturated rings. The molecule has 0 saturated carbocycles. The fourth-order valence-corrected chi connectivity index (χ4v) is 2.88. The van der Waals surface area contributed by atoms with Crippen LogP contribution in [0.3, 0.4) is 0 Å². The van der Waals surface area contributed by atoms with Crippen LogP contribution in [0.25, 0.3) is 0 Å². The number of carbonyl (C=O) groups is 1. The van der Waals surface area contributed by atoms with E-state index in [9.17, 15) is 4.79 Å². The summed E-state index contributed by atoms with van der Waals surface area (Å²) in [4.78, 5) is 15.1. The average molecular weight is 284 g/mol. The third-order valence-electron chi connectivity index (χ3n) is 3.39. The molecule has 1 aliphatic rings. The molecule has 1 N–H and O–H groups in total. The number of amides is 2. The standard InChI is InChI=1S/C12H20N4O2S/c1-9-11(19-15-14-9)7-13-12(17)16-6-4-3-5-10(16)8-18-2/h10H,3-8H2,1-2H3,(H,13,17). The van der Waals surface area contributed by atoms with Crippen molar-refractivity contribution in [2.45, 2.75) is 38.8 Å². The van der Waals surface area contributed by atoms with E-state index in [1.165, 1.54) is 11.5 Å². The second-order valence-electron chi connectivity index (χ2n) is 4.74. The van der Waals surface area contributed by atoms with Gasteiger partial charge in [-0.05, 0) is 37.7 Å². The van der Waals surface area contributed by atoms with E-state index in [2.05, 4.69) is 14.9 Å². The van der Waals surface area contributed by atoms with Crippen molar-refractivity contribution in [2.24, 2.45) is 0 Å². The number of urea groups is 1. The summed E-state index contributed by atoms with van der Waals surface area (Å²) in [5, 5.41) is 6.88. The largest absolute Gasteiger partial charge is 0.383 e. The minimum absolute atomic E-state index is 0.0189. The maximum atomic E-state index is 12.2. The molecule has 2 heterocycles. The molecule has 6 nitrogen and oxygen atoms in total. The van der Waals surface area contributed by atoms with Gasteiger partial charge in [0.05, 0.1) is 29.8 Å². The molecule has 1 aromatic rings. The Labute approximate surface area is 117 Å². The highest BCUT2D eigenvalue weighted by molar-refractivity contribution is 7.05. The molecule has 0 spiro atoms. The third kappa shape index (κ3) is 3.63. The number of carbonyl (C=O) groups excluding carboxylic acids is 1. The number of ether oxygens (including phenoxy) is 1. The number of rotatable bonds is 4. The van der Waals surface area contributed by atoms with Gasteiger partial charge in [0.2, 0.25) is 0 Å². The molecule has 0 aliphatic carbocycles. The molecular formula is C12H20N4O2S. The Kier molecular flexibility index (Phi) is 5.09. The average Bonchev–Trinajstić information content (AvgIpc) is 2.82. The van der Waals surface area contributed by atoms with Gasteiger partial charge >= 0.3 is 6.03 Å². The molecule has 1 aliphatic heterocycles. The maximum Gasteiger partial charge on any atom is 0.318 e. The zero-order valence-corrected chi connectivity index (χ0v) is 12.2. The highest BCUT2D eigenvalue weighted by atomic mass is 32.1. The first-order valence-corrected chi connectivity index (χ1v) is 7.31. The number of likely N-dealkylation sites (tertiary alicyclic amines) is 1. The second-order valence-corrected chi connectivity index (χ2v) is 5.58. The van der Waals surface area contributed by atoms with E-state index in [4.69, 9.17) is 4.74 Å². The Morgan fingerprint density at radius 3 is 3.11 bits per heavy atom. The van der Waals surface area contributed by atoms with Crippen molar-refractivity contribution in [2.75, 3.05) is 20.3 Å². The van der Waals surface area contributed by atoms with Crippen molar-refractivity contribution in [3.8, 4) is 0 Å². The predicted molar refractivity (Wildman–Crippen MR) is 73.1 cm³/mol. The lowest BCUT2D eigenvalue weighted by molar-refractivity contribution is 0.0827. The van der Waals surface area contributed by atoms with Gasteiger partial charge in [-0.25, -0.2) is 4.79 Å². The Morgan fingerprint density at radius 1 is 1.58 bits per heavy atom. The van der Waals surface area contributed by atoms with E-state index >= 15 is 0 Å². The van der Waals surface area contributed by atoms with Crippen LogP contribution in [-0.4, -0.2) is 46.8 Å². The molecular weight excluding hydrogens is 264 g/mol. The smallest absolute Gasteiger partial charge is 0.318 e. The summed E-state index contributed by atoms with van der Waals surface area (Å²) in [6.45, 7) is 3.81. The Balaban J connectivity index is 1.89. The summed E-state index contributed by atoms with van der Waals surface area (Å²) < 4.78 is 9.05. The van der Waals surface area contributed by atoms with Crippen LogP contribution < -0.4 is 5.32 Å². The van der Waals surface area contributed by atoms with Gasteiger partial charge in [-0.2, -0.15) is 0 Å². The maximum absolute atomic E-state index is 12.2. The number of piperidine rings is 1. The Hall–Kier alpha value is -1.21. The highest BCUT2D eigenvalue weighted by Crippen LogP contribution is 2.17. The van der Waals surface area contributed by atoms with Crippen LogP contribution in [0.15, 0.2) is 0 Å². The number of methoxy groups -OCH3 is 1. The molecule has 2 rings (SSSR count). The third-order valence-corrected chi connectivity index (χ3v) is 4.22. The number of aromatic nitrogens is 2. The van der Waals surface area contributed by atoms with Crippen LogP contribution in [0.1, 0.15) is 29.8 Å². The molecule has 1 saturated heterocycles. The van der Waals surface area contributed by atoms with E-state index in [1.807, 2.05) is 11.8 Å². The Bertz CT molecular complexity index is 422.